The molecule has 2 aliphatic heterocycles. The largest absolute Gasteiger partial charge is 0.464 e. The van der Waals surface area contributed by atoms with Gasteiger partial charge < -0.3 is 4.74 Å². The number of Topliss-reactive ketones (excluding diaryl/α,β-unsaturated/α-hetero) is 1. The van der Waals surface area contributed by atoms with Crippen molar-refractivity contribution in [1.82, 2.24) is 4.90 Å². The summed E-state index contributed by atoms with van der Waals surface area (Å²) in [5.74, 6) is 0.518. The Bertz CT molecular complexity index is 355. The zero-order chi connectivity index (χ0) is 12.5. The van der Waals surface area contributed by atoms with E-state index in [1.54, 1.807) is 0 Å². The Kier molecular flexibility index (Phi) is 3.37. The molecule has 0 bridgehead atoms. The van der Waals surface area contributed by atoms with Crippen LogP contribution in [-0.4, -0.2) is 41.9 Å². The van der Waals surface area contributed by atoms with Crippen LogP contribution in [0.15, 0.2) is 0 Å². The molecule has 3 fully saturated rings. The van der Waals surface area contributed by atoms with Crippen LogP contribution in [0.4, 0.5) is 0 Å². The third-order valence-electron chi connectivity index (χ3n) is 4.72. The molecule has 1 saturated carbocycles. The van der Waals surface area contributed by atoms with Crippen molar-refractivity contribution in [2.75, 3.05) is 13.2 Å². The Balaban J connectivity index is 1.74. The fourth-order valence-corrected chi connectivity index (χ4v) is 3.84. The van der Waals surface area contributed by atoms with Crippen LogP contribution in [0.2, 0.25) is 0 Å². The highest BCUT2D eigenvalue weighted by molar-refractivity contribution is 5.83. The Morgan fingerprint density at radius 3 is 2.67 bits per heavy atom. The molecule has 3 unspecified atom stereocenters. The van der Waals surface area contributed by atoms with Gasteiger partial charge in [-0.15, -0.1) is 0 Å². The fourth-order valence-electron chi connectivity index (χ4n) is 3.84. The average Bonchev–Trinajstić information content (AvgIpc) is 2.98. The number of hydrogen-bond donors (Lipinski definition) is 0. The SMILES string of the molecule is O=C1CCCCC1C1CCCN1C1CCOC1=O. The van der Waals surface area contributed by atoms with Gasteiger partial charge in [0.15, 0.2) is 0 Å². The molecule has 1 aliphatic carbocycles. The van der Waals surface area contributed by atoms with Crippen LogP contribution >= 0.6 is 0 Å². The molecule has 4 heteroatoms. The van der Waals surface area contributed by atoms with Crippen molar-refractivity contribution < 1.29 is 14.3 Å². The van der Waals surface area contributed by atoms with Gasteiger partial charge in [0.05, 0.1) is 6.61 Å². The first-order chi connectivity index (χ1) is 8.77. The Hall–Kier alpha value is -0.900. The first-order valence-electron chi connectivity index (χ1n) is 7.22. The third kappa shape index (κ3) is 2.07. The van der Waals surface area contributed by atoms with Gasteiger partial charge in [0.25, 0.3) is 0 Å². The van der Waals surface area contributed by atoms with Crippen LogP contribution in [0.5, 0.6) is 0 Å². The predicted molar refractivity (Wildman–Crippen MR) is 66.1 cm³/mol. The smallest absolute Gasteiger partial charge is 0.323 e. The molecular weight excluding hydrogens is 230 g/mol. The van der Waals surface area contributed by atoms with E-state index in [0.29, 0.717) is 18.4 Å². The minimum atomic E-state index is -0.0786. The van der Waals surface area contributed by atoms with Crippen LogP contribution in [-0.2, 0) is 14.3 Å². The molecule has 0 N–H and O–H groups in total. The molecular formula is C14H21NO3. The van der Waals surface area contributed by atoms with E-state index in [1.807, 2.05) is 0 Å². The highest BCUT2D eigenvalue weighted by Gasteiger charge is 2.43. The summed E-state index contributed by atoms with van der Waals surface area (Å²) in [7, 11) is 0. The molecule has 0 aromatic rings. The van der Waals surface area contributed by atoms with Crippen molar-refractivity contribution >= 4 is 11.8 Å². The van der Waals surface area contributed by atoms with Gasteiger partial charge in [-0.25, -0.2) is 0 Å². The van der Waals surface area contributed by atoms with Crippen LogP contribution in [0.3, 0.4) is 0 Å². The minimum Gasteiger partial charge on any atom is -0.464 e. The Morgan fingerprint density at radius 2 is 1.94 bits per heavy atom. The van der Waals surface area contributed by atoms with E-state index in [1.165, 1.54) is 0 Å². The van der Waals surface area contributed by atoms with E-state index in [0.717, 1.165) is 51.5 Å². The maximum absolute atomic E-state index is 12.1. The van der Waals surface area contributed by atoms with Gasteiger partial charge >= 0.3 is 5.97 Å². The normalized spacial score (nSPS) is 38.1. The molecule has 0 aromatic carbocycles. The monoisotopic (exact) mass is 251 g/mol. The molecule has 0 aromatic heterocycles. The molecule has 3 atom stereocenters. The third-order valence-corrected chi connectivity index (χ3v) is 4.72. The average molecular weight is 251 g/mol. The molecule has 0 radical (unpaired) electrons. The van der Waals surface area contributed by atoms with Crippen LogP contribution < -0.4 is 0 Å². The van der Waals surface area contributed by atoms with Crippen LogP contribution in [0.25, 0.3) is 0 Å². The first kappa shape index (κ1) is 12.2. The molecule has 100 valence electrons. The Labute approximate surface area is 108 Å². The summed E-state index contributed by atoms with van der Waals surface area (Å²) in [6.07, 6.45) is 6.95. The fraction of sp³-hybridized carbons (Fsp3) is 0.857. The van der Waals surface area contributed by atoms with E-state index in [4.69, 9.17) is 4.74 Å². The van der Waals surface area contributed by atoms with Crippen molar-refractivity contribution in [2.45, 2.75) is 57.0 Å². The number of carbonyl (C=O) groups is 2. The van der Waals surface area contributed by atoms with Crippen LogP contribution in [0, 0.1) is 5.92 Å². The lowest BCUT2D eigenvalue weighted by Crippen LogP contribution is -2.47. The molecule has 3 rings (SSSR count). The van der Waals surface area contributed by atoms with Crippen molar-refractivity contribution in [3.63, 3.8) is 0 Å². The molecule has 0 spiro atoms. The van der Waals surface area contributed by atoms with E-state index >= 15 is 0 Å². The molecule has 2 heterocycles. The van der Waals surface area contributed by atoms with Gasteiger partial charge in [-0.05, 0) is 32.2 Å². The maximum atomic E-state index is 12.1. The second-order valence-electron chi connectivity index (χ2n) is 5.74. The van der Waals surface area contributed by atoms with Gasteiger partial charge in [0, 0.05) is 24.8 Å². The van der Waals surface area contributed by atoms with Gasteiger partial charge in [0.1, 0.15) is 11.8 Å². The lowest BCUT2D eigenvalue weighted by Gasteiger charge is -2.35. The summed E-state index contributed by atoms with van der Waals surface area (Å²) < 4.78 is 5.07. The number of carbonyl (C=O) groups excluding carboxylic acids is 2. The molecule has 18 heavy (non-hydrogen) atoms. The summed E-state index contributed by atoms with van der Waals surface area (Å²) in [4.78, 5) is 26.1. The number of nitrogens with zero attached hydrogens (tertiary/aromatic N) is 1. The molecule has 2 saturated heterocycles. The molecule has 4 nitrogen and oxygen atoms in total. The van der Waals surface area contributed by atoms with Gasteiger partial charge in [-0.3, -0.25) is 14.5 Å². The second-order valence-corrected chi connectivity index (χ2v) is 5.74. The zero-order valence-electron chi connectivity index (χ0n) is 10.8. The van der Waals surface area contributed by atoms with Gasteiger partial charge in [-0.1, -0.05) is 6.42 Å². The van der Waals surface area contributed by atoms with Crippen molar-refractivity contribution in [3.8, 4) is 0 Å². The maximum Gasteiger partial charge on any atom is 0.323 e. The van der Waals surface area contributed by atoms with E-state index in [2.05, 4.69) is 4.90 Å². The quantitative estimate of drug-likeness (QED) is 0.698. The second kappa shape index (κ2) is 5.00. The van der Waals surface area contributed by atoms with E-state index in [9.17, 15) is 9.59 Å². The lowest BCUT2D eigenvalue weighted by molar-refractivity contribution is -0.143. The highest BCUT2D eigenvalue weighted by Crippen LogP contribution is 2.35. The number of ketones is 1. The van der Waals surface area contributed by atoms with Crippen molar-refractivity contribution in [2.24, 2.45) is 5.92 Å². The zero-order valence-corrected chi connectivity index (χ0v) is 10.8. The highest BCUT2D eigenvalue weighted by atomic mass is 16.5. The van der Waals surface area contributed by atoms with E-state index in [-0.39, 0.29) is 17.9 Å². The van der Waals surface area contributed by atoms with Crippen molar-refractivity contribution in [1.29, 1.82) is 0 Å². The predicted octanol–water partition coefficient (Wildman–Crippen LogP) is 1.53. The van der Waals surface area contributed by atoms with E-state index < -0.39 is 0 Å². The number of esters is 1. The summed E-state index contributed by atoms with van der Waals surface area (Å²) in [5.41, 5.74) is 0. The minimum absolute atomic E-state index is 0.0766. The Morgan fingerprint density at radius 1 is 1.06 bits per heavy atom. The first-order valence-corrected chi connectivity index (χ1v) is 7.22. The summed E-state index contributed by atoms with van der Waals surface area (Å²) in [5, 5.41) is 0. The lowest BCUT2D eigenvalue weighted by atomic mass is 9.81. The standard InChI is InChI=1S/C14H21NO3/c16-13-6-2-1-4-10(13)11-5-3-8-15(11)12-7-9-18-14(12)17/h10-12H,1-9H2. The number of ether oxygens (including phenoxy) is 1. The van der Waals surface area contributed by atoms with Gasteiger partial charge in [-0.2, -0.15) is 0 Å². The number of hydrogen-bond acceptors (Lipinski definition) is 4. The summed E-state index contributed by atoms with van der Waals surface area (Å²) in [6.45, 7) is 1.50. The summed E-state index contributed by atoms with van der Waals surface area (Å²) in [6, 6.07) is 0.223. The van der Waals surface area contributed by atoms with Crippen LogP contribution in [0.1, 0.15) is 44.9 Å². The molecule has 0 amide bonds. The van der Waals surface area contributed by atoms with Gasteiger partial charge in [0.2, 0.25) is 0 Å². The number of likely N-dealkylation sites (tertiary alicyclic amines) is 1. The molecule has 3 aliphatic rings. The van der Waals surface area contributed by atoms with Crippen molar-refractivity contribution in [3.05, 3.63) is 0 Å². The number of cyclic esters (lactones) is 1. The summed E-state index contributed by atoms with van der Waals surface area (Å²) >= 11 is 0. The topological polar surface area (TPSA) is 46.6 Å². The number of rotatable bonds is 2.